The molecular weight excluding hydrogens is 379 g/mol. The molecule has 6 heteroatoms. The van der Waals surface area contributed by atoms with Gasteiger partial charge in [-0.05, 0) is 67.4 Å². The van der Waals surface area contributed by atoms with E-state index in [1.54, 1.807) is 12.4 Å². The van der Waals surface area contributed by atoms with Crippen LogP contribution >= 0.6 is 0 Å². The molecule has 0 aliphatic heterocycles. The van der Waals surface area contributed by atoms with Crippen molar-refractivity contribution in [1.29, 1.82) is 0 Å². The minimum absolute atomic E-state index is 0.371. The number of halogens is 1. The summed E-state index contributed by atoms with van der Waals surface area (Å²) < 4.78 is 20.5. The summed E-state index contributed by atoms with van der Waals surface area (Å²) in [6.45, 7) is 2.53. The summed E-state index contributed by atoms with van der Waals surface area (Å²) in [5, 5.41) is 4.50. The number of alkyl halides is 1. The normalized spacial score (nSPS) is 10.9. The predicted molar refractivity (Wildman–Crippen MR) is 115 cm³/mol. The van der Waals surface area contributed by atoms with E-state index >= 15 is 0 Å². The number of ether oxygens (including phenoxy) is 1. The maximum absolute atomic E-state index is 12.8. The molecule has 0 saturated heterocycles. The Balaban J connectivity index is 1.59. The molecule has 0 radical (unpaired) electrons. The SMILES string of the molecule is Cc1cccc(COc2ccc(-c3c(-c4ccncc4)cnn3CCCF)cc2)n1. The van der Waals surface area contributed by atoms with Gasteiger partial charge in [-0.25, -0.2) is 0 Å². The van der Waals surface area contributed by atoms with Crippen molar-refractivity contribution in [1.82, 2.24) is 19.7 Å². The van der Waals surface area contributed by atoms with Gasteiger partial charge in [0.15, 0.2) is 0 Å². The number of hydrogen-bond acceptors (Lipinski definition) is 4. The molecule has 0 amide bonds. The van der Waals surface area contributed by atoms with Gasteiger partial charge < -0.3 is 4.74 Å². The van der Waals surface area contributed by atoms with Gasteiger partial charge in [-0.3, -0.25) is 19.0 Å². The first kappa shape index (κ1) is 19.8. The van der Waals surface area contributed by atoms with Crippen LogP contribution in [0.2, 0.25) is 0 Å². The summed E-state index contributed by atoms with van der Waals surface area (Å²) in [5.74, 6) is 0.766. The highest BCUT2D eigenvalue weighted by Gasteiger charge is 2.15. The molecule has 152 valence electrons. The Morgan fingerprint density at radius 2 is 1.77 bits per heavy atom. The molecule has 0 bridgehead atoms. The first-order valence-electron chi connectivity index (χ1n) is 9.92. The lowest BCUT2D eigenvalue weighted by Gasteiger charge is -2.11. The predicted octanol–water partition coefficient (Wildman–Crippen LogP) is 5.25. The number of aryl methyl sites for hydroxylation is 2. The average molecular weight is 402 g/mol. The summed E-state index contributed by atoms with van der Waals surface area (Å²) in [6, 6.07) is 17.7. The third-order valence-corrected chi connectivity index (χ3v) is 4.79. The highest BCUT2D eigenvalue weighted by Crippen LogP contribution is 2.33. The molecule has 0 saturated carbocycles. The Morgan fingerprint density at radius 1 is 0.967 bits per heavy atom. The molecule has 0 spiro atoms. The van der Waals surface area contributed by atoms with Gasteiger partial charge in [0, 0.05) is 35.8 Å². The Morgan fingerprint density at radius 3 is 2.50 bits per heavy atom. The molecule has 1 aromatic carbocycles. The van der Waals surface area contributed by atoms with E-state index in [1.165, 1.54) is 0 Å². The number of rotatable bonds is 8. The Labute approximate surface area is 175 Å². The number of benzene rings is 1. The van der Waals surface area contributed by atoms with Crippen LogP contribution in [0.25, 0.3) is 22.4 Å². The molecule has 30 heavy (non-hydrogen) atoms. The van der Waals surface area contributed by atoms with Crippen molar-refractivity contribution >= 4 is 0 Å². The molecule has 0 atom stereocenters. The molecule has 0 aliphatic rings. The lowest BCUT2D eigenvalue weighted by Crippen LogP contribution is -2.03. The van der Waals surface area contributed by atoms with Gasteiger partial charge in [0.25, 0.3) is 0 Å². The first-order chi connectivity index (χ1) is 14.7. The molecular formula is C24H23FN4O. The summed E-state index contributed by atoms with van der Waals surface area (Å²) in [5.41, 5.74) is 5.84. The van der Waals surface area contributed by atoms with Crippen LogP contribution in [0.3, 0.4) is 0 Å². The molecule has 5 nitrogen and oxygen atoms in total. The van der Waals surface area contributed by atoms with Gasteiger partial charge in [-0.15, -0.1) is 0 Å². The highest BCUT2D eigenvalue weighted by molar-refractivity contribution is 5.80. The van der Waals surface area contributed by atoms with E-state index in [9.17, 15) is 4.39 Å². The van der Waals surface area contributed by atoms with Gasteiger partial charge >= 0.3 is 0 Å². The van der Waals surface area contributed by atoms with Crippen LogP contribution in [0.15, 0.2) is 73.2 Å². The maximum atomic E-state index is 12.8. The highest BCUT2D eigenvalue weighted by atomic mass is 19.1. The lowest BCUT2D eigenvalue weighted by atomic mass is 10.0. The van der Waals surface area contributed by atoms with Gasteiger partial charge in [0.2, 0.25) is 0 Å². The van der Waals surface area contributed by atoms with Crippen LogP contribution in [0.4, 0.5) is 4.39 Å². The maximum Gasteiger partial charge on any atom is 0.130 e. The standard InChI is InChI=1S/C24H23FN4O/c1-18-4-2-5-21(28-18)17-30-22-8-6-20(7-9-22)24-23(19-10-13-26-14-11-19)16-27-29(24)15-3-12-25/h2,4-11,13-14,16H,3,12,15,17H2,1H3. The van der Waals surface area contributed by atoms with Crippen LogP contribution in [0.1, 0.15) is 17.8 Å². The van der Waals surface area contributed by atoms with E-state index in [-0.39, 0.29) is 6.67 Å². The zero-order chi connectivity index (χ0) is 20.8. The fraction of sp³-hybridized carbons (Fsp3) is 0.208. The van der Waals surface area contributed by atoms with E-state index in [1.807, 2.05) is 72.4 Å². The zero-order valence-electron chi connectivity index (χ0n) is 16.8. The van der Waals surface area contributed by atoms with Gasteiger partial charge in [0.05, 0.1) is 24.3 Å². The fourth-order valence-corrected chi connectivity index (χ4v) is 3.36. The van der Waals surface area contributed by atoms with E-state index in [0.717, 1.165) is 39.5 Å². The quantitative estimate of drug-likeness (QED) is 0.404. The van der Waals surface area contributed by atoms with Crippen molar-refractivity contribution in [2.75, 3.05) is 6.67 Å². The average Bonchev–Trinajstić information content (AvgIpc) is 3.21. The van der Waals surface area contributed by atoms with Gasteiger partial charge in [-0.2, -0.15) is 5.10 Å². The van der Waals surface area contributed by atoms with Crippen molar-refractivity contribution in [3.8, 4) is 28.1 Å². The Kier molecular flexibility index (Phi) is 6.13. The van der Waals surface area contributed by atoms with Crippen LogP contribution < -0.4 is 4.74 Å². The number of hydrogen-bond donors (Lipinski definition) is 0. The summed E-state index contributed by atoms with van der Waals surface area (Å²) in [6.07, 6.45) is 5.77. The molecule has 0 fully saturated rings. The van der Waals surface area contributed by atoms with Crippen molar-refractivity contribution in [2.24, 2.45) is 0 Å². The lowest BCUT2D eigenvalue weighted by molar-refractivity contribution is 0.301. The largest absolute Gasteiger partial charge is 0.487 e. The second-order valence-corrected chi connectivity index (χ2v) is 6.99. The van der Waals surface area contributed by atoms with Crippen LogP contribution in [0, 0.1) is 6.92 Å². The van der Waals surface area contributed by atoms with Gasteiger partial charge in [0.1, 0.15) is 12.4 Å². The molecule has 0 unspecified atom stereocenters. The van der Waals surface area contributed by atoms with E-state index in [2.05, 4.69) is 15.1 Å². The minimum atomic E-state index is -0.371. The molecule has 4 rings (SSSR count). The Bertz CT molecular complexity index is 1090. The third-order valence-electron chi connectivity index (χ3n) is 4.79. The minimum Gasteiger partial charge on any atom is -0.487 e. The van der Waals surface area contributed by atoms with Crippen molar-refractivity contribution in [2.45, 2.75) is 26.5 Å². The summed E-state index contributed by atoms with van der Waals surface area (Å²) in [7, 11) is 0. The van der Waals surface area contributed by atoms with Crippen molar-refractivity contribution in [3.05, 3.63) is 84.6 Å². The van der Waals surface area contributed by atoms with E-state index < -0.39 is 0 Å². The summed E-state index contributed by atoms with van der Waals surface area (Å²) in [4.78, 5) is 8.55. The van der Waals surface area contributed by atoms with Crippen LogP contribution in [0.5, 0.6) is 5.75 Å². The van der Waals surface area contributed by atoms with Crippen LogP contribution in [-0.4, -0.2) is 26.4 Å². The second-order valence-electron chi connectivity index (χ2n) is 6.99. The van der Waals surface area contributed by atoms with Gasteiger partial charge in [-0.1, -0.05) is 6.07 Å². The monoisotopic (exact) mass is 402 g/mol. The molecule has 0 aliphatic carbocycles. The zero-order valence-corrected chi connectivity index (χ0v) is 16.8. The first-order valence-corrected chi connectivity index (χ1v) is 9.92. The summed E-state index contributed by atoms with van der Waals surface area (Å²) >= 11 is 0. The van der Waals surface area contributed by atoms with Crippen LogP contribution in [-0.2, 0) is 13.2 Å². The van der Waals surface area contributed by atoms with E-state index in [0.29, 0.717) is 19.6 Å². The van der Waals surface area contributed by atoms with Crippen molar-refractivity contribution < 1.29 is 9.13 Å². The second kappa shape index (κ2) is 9.31. The third kappa shape index (κ3) is 4.54. The van der Waals surface area contributed by atoms with E-state index in [4.69, 9.17) is 4.74 Å². The molecule has 3 heterocycles. The molecule has 3 aromatic heterocycles. The molecule has 0 N–H and O–H groups in total. The number of aromatic nitrogens is 4. The molecule has 4 aromatic rings. The Hall–Kier alpha value is -3.54. The smallest absolute Gasteiger partial charge is 0.130 e. The topological polar surface area (TPSA) is 52.8 Å². The number of nitrogens with zero attached hydrogens (tertiary/aromatic N) is 4. The fourth-order valence-electron chi connectivity index (χ4n) is 3.36. The van der Waals surface area contributed by atoms with Crippen molar-refractivity contribution in [3.63, 3.8) is 0 Å². The number of pyridine rings is 2.